The molecule has 1 fully saturated rings. The highest BCUT2D eigenvalue weighted by Crippen LogP contribution is 2.34. The number of aliphatic hydroxyl groups excluding tert-OH is 1. The SMILES string of the molecule is CC(=O)NC(Cc1cc(F)cc(F)c1)C(O)CNC1(c2cccc(C(C)(C)C)c2)CCCN(C(N)=O)C1. The Kier molecular flexibility index (Phi) is 8.92. The Morgan fingerprint density at radius 2 is 1.84 bits per heavy atom. The Bertz CT molecular complexity index is 1100. The summed E-state index contributed by atoms with van der Waals surface area (Å²) in [5.74, 6) is -1.82. The zero-order valence-electron chi connectivity index (χ0n) is 22.0. The molecule has 3 unspecified atom stereocenters. The Morgan fingerprint density at radius 3 is 2.43 bits per heavy atom. The first-order valence-electron chi connectivity index (χ1n) is 12.6. The van der Waals surface area contributed by atoms with Gasteiger partial charge in [-0.15, -0.1) is 0 Å². The van der Waals surface area contributed by atoms with Crippen LogP contribution in [0.2, 0.25) is 0 Å². The number of aliphatic hydroxyl groups is 1. The number of nitrogens with two attached hydrogens (primary N) is 1. The van der Waals surface area contributed by atoms with E-state index in [1.54, 1.807) is 4.90 Å². The number of urea groups is 1. The molecule has 0 radical (unpaired) electrons. The van der Waals surface area contributed by atoms with Gasteiger partial charge in [0.05, 0.1) is 17.7 Å². The monoisotopic (exact) mass is 516 g/mol. The predicted molar refractivity (Wildman–Crippen MR) is 139 cm³/mol. The average molecular weight is 517 g/mol. The third kappa shape index (κ3) is 7.49. The zero-order valence-corrected chi connectivity index (χ0v) is 22.0. The highest BCUT2D eigenvalue weighted by molar-refractivity contribution is 5.73. The number of hydrogen-bond donors (Lipinski definition) is 4. The van der Waals surface area contributed by atoms with E-state index in [9.17, 15) is 23.5 Å². The number of hydrogen-bond acceptors (Lipinski definition) is 4. The van der Waals surface area contributed by atoms with Gasteiger partial charge in [-0.25, -0.2) is 13.6 Å². The molecule has 0 bridgehead atoms. The van der Waals surface area contributed by atoms with Crippen molar-refractivity contribution in [3.8, 4) is 0 Å². The smallest absolute Gasteiger partial charge is 0.314 e. The van der Waals surface area contributed by atoms with Crippen LogP contribution in [0, 0.1) is 11.6 Å². The van der Waals surface area contributed by atoms with Crippen LogP contribution in [0.3, 0.4) is 0 Å². The van der Waals surface area contributed by atoms with Gasteiger partial charge in [0.15, 0.2) is 0 Å². The van der Waals surface area contributed by atoms with Crippen LogP contribution in [0.15, 0.2) is 42.5 Å². The van der Waals surface area contributed by atoms with E-state index in [-0.39, 0.29) is 24.3 Å². The van der Waals surface area contributed by atoms with E-state index in [2.05, 4.69) is 43.5 Å². The van der Waals surface area contributed by atoms with Crippen molar-refractivity contribution in [3.05, 3.63) is 70.8 Å². The van der Waals surface area contributed by atoms with Crippen LogP contribution in [-0.2, 0) is 22.2 Å². The van der Waals surface area contributed by atoms with E-state index in [0.29, 0.717) is 31.5 Å². The second-order valence-corrected chi connectivity index (χ2v) is 11.0. The minimum atomic E-state index is -1.08. The van der Waals surface area contributed by atoms with Crippen LogP contribution in [0.1, 0.15) is 57.2 Å². The standard InChI is InChI=1S/C28H38F2N4O3/c1-18(35)33-24(13-19-11-22(29)15-23(30)12-19)25(36)16-32-28(9-6-10-34(17-28)26(31)37)21-8-5-7-20(14-21)27(2,3)4/h5,7-8,11-12,14-15,24-25,32,36H,6,9-10,13,16-17H2,1-4H3,(H2,31,37)(H,33,35). The van der Waals surface area contributed by atoms with Crippen LogP contribution in [0.25, 0.3) is 0 Å². The highest BCUT2D eigenvalue weighted by atomic mass is 19.1. The third-order valence-corrected chi connectivity index (χ3v) is 6.97. The van der Waals surface area contributed by atoms with Gasteiger partial charge in [0, 0.05) is 32.6 Å². The number of primary amides is 1. The molecule has 1 heterocycles. The van der Waals surface area contributed by atoms with E-state index in [1.165, 1.54) is 19.1 Å². The summed E-state index contributed by atoms with van der Waals surface area (Å²) in [5.41, 5.74) is 7.29. The fraction of sp³-hybridized carbons (Fsp3) is 0.500. The first-order chi connectivity index (χ1) is 17.3. The topological polar surface area (TPSA) is 108 Å². The number of carbonyl (C=O) groups excluding carboxylic acids is 2. The second-order valence-electron chi connectivity index (χ2n) is 11.0. The molecule has 0 aromatic heterocycles. The Hall–Kier alpha value is -3.04. The van der Waals surface area contributed by atoms with E-state index in [4.69, 9.17) is 5.73 Å². The molecule has 9 heteroatoms. The lowest BCUT2D eigenvalue weighted by atomic mass is 9.78. The fourth-order valence-electron chi connectivity index (χ4n) is 4.98. The Morgan fingerprint density at radius 1 is 1.16 bits per heavy atom. The number of benzene rings is 2. The molecule has 7 nitrogen and oxygen atoms in total. The fourth-order valence-corrected chi connectivity index (χ4v) is 4.98. The summed E-state index contributed by atoms with van der Waals surface area (Å²) in [6.07, 6.45) is 0.374. The van der Waals surface area contributed by atoms with Gasteiger partial charge in [0.1, 0.15) is 11.6 Å². The largest absolute Gasteiger partial charge is 0.390 e. The summed E-state index contributed by atoms with van der Waals surface area (Å²) in [7, 11) is 0. The predicted octanol–water partition coefficient (Wildman–Crippen LogP) is 3.33. The van der Waals surface area contributed by atoms with E-state index < -0.39 is 35.4 Å². The van der Waals surface area contributed by atoms with Gasteiger partial charge in [-0.1, -0.05) is 45.0 Å². The highest BCUT2D eigenvalue weighted by Gasteiger charge is 2.39. The summed E-state index contributed by atoms with van der Waals surface area (Å²) in [4.78, 5) is 25.6. The molecule has 1 aliphatic rings. The lowest BCUT2D eigenvalue weighted by Gasteiger charge is -2.44. The molecule has 37 heavy (non-hydrogen) atoms. The molecule has 3 amide bonds. The van der Waals surface area contributed by atoms with Gasteiger partial charge >= 0.3 is 6.03 Å². The number of nitrogens with zero attached hydrogens (tertiary/aromatic N) is 1. The molecule has 0 aliphatic carbocycles. The first-order valence-corrected chi connectivity index (χ1v) is 12.6. The maximum Gasteiger partial charge on any atom is 0.314 e. The number of amides is 3. The molecule has 2 aromatic rings. The summed E-state index contributed by atoms with van der Waals surface area (Å²) < 4.78 is 27.5. The number of rotatable bonds is 8. The van der Waals surface area contributed by atoms with Crippen LogP contribution in [-0.4, -0.2) is 53.7 Å². The van der Waals surface area contributed by atoms with Gasteiger partial charge in [-0.3, -0.25) is 4.79 Å². The van der Waals surface area contributed by atoms with Crippen molar-refractivity contribution in [3.63, 3.8) is 0 Å². The number of halogens is 2. The van der Waals surface area contributed by atoms with Crippen molar-refractivity contribution in [2.45, 2.75) is 70.1 Å². The van der Waals surface area contributed by atoms with E-state index in [0.717, 1.165) is 17.2 Å². The summed E-state index contributed by atoms with van der Waals surface area (Å²) in [6.45, 7) is 8.63. The maximum absolute atomic E-state index is 13.7. The normalized spacial score (nSPS) is 19.8. The molecule has 3 atom stereocenters. The maximum atomic E-state index is 13.7. The van der Waals surface area contributed by atoms with Crippen molar-refractivity contribution >= 4 is 11.9 Å². The van der Waals surface area contributed by atoms with Gasteiger partial charge in [0.25, 0.3) is 0 Å². The second kappa shape index (κ2) is 11.6. The number of piperidine rings is 1. The molecule has 3 rings (SSSR count). The summed E-state index contributed by atoms with van der Waals surface area (Å²) in [6, 6.07) is 10.0. The average Bonchev–Trinajstić information content (AvgIpc) is 2.81. The number of likely N-dealkylation sites (tertiary alicyclic amines) is 1. The van der Waals surface area contributed by atoms with Crippen LogP contribution in [0.5, 0.6) is 0 Å². The molecular formula is C28H38F2N4O3. The van der Waals surface area contributed by atoms with Crippen molar-refractivity contribution in [2.24, 2.45) is 5.73 Å². The Balaban J connectivity index is 1.89. The van der Waals surface area contributed by atoms with Gasteiger partial charge in [-0.05, 0) is 53.5 Å². The molecule has 2 aromatic carbocycles. The first kappa shape index (κ1) is 28.5. The number of carbonyl (C=O) groups is 2. The quantitative estimate of drug-likeness (QED) is 0.432. The molecule has 0 saturated carbocycles. The van der Waals surface area contributed by atoms with Crippen LogP contribution < -0.4 is 16.4 Å². The molecule has 0 spiro atoms. The molecule has 5 N–H and O–H groups in total. The Labute approximate surface area is 217 Å². The van der Waals surface area contributed by atoms with Crippen LogP contribution in [0.4, 0.5) is 13.6 Å². The van der Waals surface area contributed by atoms with Crippen molar-refractivity contribution in [1.29, 1.82) is 0 Å². The van der Waals surface area contributed by atoms with E-state index >= 15 is 0 Å². The van der Waals surface area contributed by atoms with E-state index in [1.807, 2.05) is 12.1 Å². The van der Waals surface area contributed by atoms with Crippen molar-refractivity contribution in [2.75, 3.05) is 19.6 Å². The minimum Gasteiger partial charge on any atom is -0.390 e. The van der Waals surface area contributed by atoms with Crippen LogP contribution >= 0.6 is 0 Å². The zero-order chi connectivity index (χ0) is 27.4. The minimum absolute atomic E-state index is 0.0387. The van der Waals surface area contributed by atoms with Crippen molar-refractivity contribution in [1.82, 2.24) is 15.5 Å². The third-order valence-electron chi connectivity index (χ3n) is 6.97. The summed E-state index contributed by atoms with van der Waals surface area (Å²) >= 11 is 0. The molecule has 1 aliphatic heterocycles. The van der Waals surface area contributed by atoms with Gasteiger partial charge < -0.3 is 26.4 Å². The number of nitrogens with one attached hydrogen (secondary N) is 2. The lowest BCUT2D eigenvalue weighted by Crippen LogP contribution is -2.59. The lowest BCUT2D eigenvalue weighted by molar-refractivity contribution is -0.120. The van der Waals surface area contributed by atoms with Crippen molar-refractivity contribution < 1.29 is 23.5 Å². The molecule has 202 valence electrons. The molecular weight excluding hydrogens is 478 g/mol. The van der Waals surface area contributed by atoms with Gasteiger partial charge in [0.2, 0.25) is 5.91 Å². The van der Waals surface area contributed by atoms with Gasteiger partial charge in [-0.2, -0.15) is 0 Å². The molecule has 1 saturated heterocycles. The summed E-state index contributed by atoms with van der Waals surface area (Å²) in [5, 5.41) is 17.3.